The molecule has 2 aromatic heterocycles. The fourth-order valence-electron chi connectivity index (χ4n) is 4.07. The van der Waals surface area contributed by atoms with Crippen LogP contribution in [0.3, 0.4) is 0 Å². The van der Waals surface area contributed by atoms with Crippen LogP contribution < -0.4 is 4.90 Å². The number of hydrogen-bond donors (Lipinski definition) is 0. The summed E-state index contributed by atoms with van der Waals surface area (Å²) in [6, 6.07) is 20.7. The molecule has 0 N–H and O–H groups in total. The number of piperazine rings is 1. The smallest absolute Gasteiger partial charge is 0.163 e. The Kier molecular flexibility index (Phi) is 5.90. The molecule has 158 valence electrons. The van der Waals surface area contributed by atoms with Crippen LogP contribution in [0.25, 0.3) is 21.6 Å². The fraction of sp³-hybridized carbons (Fsp3) is 0.280. The van der Waals surface area contributed by atoms with Gasteiger partial charge in [-0.2, -0.15) is 0 Å². The van der Waals surface area contributed by atoms with Crippen molar-refractivity contribution < 1.29 is 0 Å². The molecule has 1 aliphatic rings. The molecule has 0 atom stereocenters. The summed E-state index contributed by atoms with van der Waals surface area (Å²) in [5.41, 5.74) is 2.26. The largest absolute Gasteiger partial charge is 0.353 e. The first-order valence-corrected chi connectivity index (χ1v) is 12.0. The molecule has 5 rings (SSSR count). The lowest BCUT2D eigenvalue weighted by Crippen LogP contribution is -2.46. The summed E-state index contributed by atoms with van der Waals surface area (Å²) in [6.45, 7) is 6.96. The van der Waals surface area contributed by atoms with Gasteiger partial charge in [-0.15, -0.1) is 11.3 Å². The summed E-state index contributed by atoms with van der Waals surface area (Å²) in [4.78, 5) is 17.3. The number of rotatable bonds is 5. The van der Waals surface area contributed by atoms with Gasteiger partial charge in [0, 0.05) is 48.2 Å². The van der Waals surface area contributed by atoms with Gasteiger partial charge in [-0.3, -0.25) is 4.90 Å². The first kappa shape index (κ1) is 20.4. The third-order valence-electron chi connectivity index (χ3n) is 5.83. The Morgan fingerprint density at radius 1 is 0.935 bits per heavy atom. The molecule has 4 nitrogen and oxygen atoms in total. The molecule has 31 heavy (non-hydrogen) atoms. The van der Waals surface area contributed by atoms with E-state index in [1.807, 2.05) is 30.3 Å². The van der Waals surface area contributed by atoms with Crippen molar-refractivity contribution in [3.8, 4) is 11.4 Å². The van der Waals surface area contributed by atoms with E-state index in [4.69, 9.17) is 21.6 Å². The molecule has 2 aromatic carbocycles. The number of fused-ring (bicyclic) bond motifs is 1. The number of aromatic nitrogens is 2. The zero-order chi connectivity index (χ0) is 21.2. The second-order valence-corrected chi connectivity index (χ2v) is 9.40. The van der Waals surface area contributed by atoms with E-state index in [0.717, 1.165) is 66.2 Å². The van der Waals surface area contributed by atoms with Gasteiger partial charge in [0.1, 0.15) is 10.6 Å². The minimum atomic E-state index is 0.811. The number of benzene rings is 2. The Labute approximate surface area is 192 Å². The highest BCUT2D eigenvalue weighted by Gasteiger charge is 2.22. The predicted molar refractivity (Wildman–Crippen MR) is 131 cm³/mol. The van der Waals surface area contributed by atoms with Gasteiger partial charge in [-0.25, -0.2) is 9.97 Å². The molecule has 0 saturated carbocycles. The highest BCUT2D eigenvalue weighted by molar-refractivity contribution is 7.18. The van der Waals surface area contributed by atoms with Crippen LogP contribution in [0.4, 0.5) is 5.82 Å². The normalized spacial score (nSPS) is 15.0. The molecule has 1 aliphatic heterocycles. The average Bonchev–Trinajstić information content (AvgIpc) is 3.24. The van der Waals surface area contributed by atoms with Crippen molar-refractivity contribution in [3.63, 3.8) is 0 Å². The summed E-state index contributed by atoms with van der Waals surface area (Å²) < 4.78 is 0. The van der Waals surface area contributed by atoms with Crippen molar-refractivity contribution in [2.75, 3.05) is 31.1 Å². The van der Waals surface area contributed by atoms with Gasteiger partial charge in [0.2, 0.25) is 0 Å². The summed E-state index contributed by atoms with van der Waals surface area (Å²) >= 11 is 8.16. The first-order valence-electron chi connectivity index (χ1n) is 10.8. The maximum atomic E-state index is 6.37. The second kappa shape index (κ2) is 8.95. The van der Waals surface area contributed by atoms with E-state index in [0.29, 0.717) is 0 Å². The molecule has 0 aliphatic carbocycles. The molecule has 0 amide bonds. The van der Waals surface area contributed by atoms with Gasteiger partial charge in [-0.1, -0.05) is 67.1 Å². The average molecular weight is 449 g/mol. The first-order chi connectivity index (χ1) is 15.2. The molecule has 0 bridgehead atoms. The maximum Gasteiger partial charge on any atom is 0.163 e. The zero-order valence-corrected chi connectivity index (χ0v) is 19.2. The second-order valence-electron chi connectivity index (χ2n) is 7.88. The van der Waals surface area contributed by atoms with E-state index in [2.05, 4.69) is 47.1 Å². The summed E-state index contributed by atoms with van der Waals surface area (Å²) in [6.07, 6.45) is 1.02. The summed E-state index contributed by atoms with van der Waals surface area (Å²) in [7, 11) is 0. The number of anilines is 1. The van der Waals surface area contributed by atoms with Crippen LogP contribution >= 0.6 is 22.9 Å². The van der Waals surface area contributed by atoms with Crippen LogP contribution in [0.1, 0.15) is 17.4 Å². The highest BCUT2D eigenvalue weighted by Crippen LogP contribution is 2.34. The number of thiophene rings is 1. The predicted octanol–water partition coefficient (Wildman–Crippen LogP) is 5.90. The Bertz CT molecular complexity index is 1180. The van der Waals surface area contributed by atoms with E-state index < -0.39 is 0 Å². The van der Waals surface area contributed by atoms with Crippen molar-refractivity contribution in [2.45, 2.75) is 19.9 Å². The van der Waals surface area contributed by atoms with E-state index in [-0.39, 0.29) is 0 Å². The van der Waals surface area contributed by atoms with E-state index in [1.54, 1.807) is 11.3 Å². The molecule has 0 unspecified atom stereocenters. The van der Waals surface area contributed by atoms with Crippen LogP contribution in [-0.2, 0) is 13.0 Å². The number of hydrogen-bond acceptors (Lipinski definition) is 5. The Hall–Kier alpha value is -2.47. The van der Waals surface area contributed by atoms with Gasteiger partial charge < -0.3 is 4.90 Å². The summed E-state index contributed by atoms with van der Waals surface area (Å²) in [5, 5.41) is 2.03. The minimum Gasteiger partial charge on any atom is -0.353 e. The van der Waals surface area contributed by atoms with E-state index in [9.17, 15) is 0 Å². The lowest BCUT2D eigenvalue weighted by atomic mass is 10.2. The monoisotopic (exact) mass is 448 g/mol. The van der Waals surface area contributed by atoms with Gasteiger partial charge in [0.25, 0.3) is 0 Å². The van der Waals surface area contributed by atoms with Crippen molar-refractivity contribution in [3.05, 3.63) is 76.1 Å². The fourth-order valence-corrected chi connectivity index (χ4v) is 5.23. The molecular weight excluding hydrogens is 424 g/mol. The molecule has 1 fully saturated rings. The molecule has 0 spiro atoms. The molecule has 3 heterocycles. The zero-order valence-electron chi connectivity index (χ0n) is 17.6. The van der Waals surface area contributed by atoms with Crippen LogP contribution in [0.2, 0.25) is 5.02 Å². The maximum absolute atomic E-state index is 6.37. The number of aryl methyl sites for hydroxylation is 1. The lowest BCUT2D eigenvalue weighted by molar-refractivity contribution is 0.249. The van der Waals surface area contributed by atoms with Crippen molar-refractivity contribution in [2.24, 2.45) is 0 Å². The number of nitrogens with zero attached hydrogens (tertiary/aromatic N) is 4. The van der Waals surface area contributed by atoms with Gasteiger partial charge >= 0.3 is 0 Å². The van der Waals surface area contributed by atoms with Gasteiger partial charge in [-0.05, 0) is 24.1 Å². The van der Waals surface area contributed by atoms with Crippen molar-refractivity contribution in [1.82, 2.24) is 14.9 Å². The van der Waals surface area contributed by atoms with Crippen LogP contribution in [0.15, 0.2) is 60.7 Å². The molecule has 6 heteroatoms. The molecule has 4 aromatic rings. The van der Waals surface area contributed by atoms with Gasteiger partial charge in [0.05, 0.1) is 5.39 Å². The lowest BCUT2D eigenvalue weighted by Gasteiger charge is -2.36. The summed E-state index contributed by atoms with van der Waals surface area (Å²) in [5.74, 6) is 1.88. The molecule has 0 radical (unpaired) electrons. The Morgan fingerprint density at radius 3 is 2.42 bits per heavy atom. The van der Waals surface area contributed by atoms with Crippen LogP contribution in [0.5, 0.6) is 0 Å². The SMILES string of the molecule is CCc1cc2c(N3CCN(Cc4ccccc4Cl)CC3)nc(-c3ccccc3)nc2s1. The molecular formula is C25H25ClN4S. The van der Waals surface area contributed by atoms with E-state index >= 15 is 0 Å². The molecule has 1 saturated heterocycles. The van der Waals surface area contributed by atoms with Crippen molar-refractivity contribution >= 4 is 39.0 Å². The number of halogens is 1. The third kappa shape index (κ3) is 4.31. The van der Waals surface area contributed by atoms with Crippen LogP contribution in [0, 0.1) is 0 Å². The van der Waals surface area contributed by atoms with E-state index in [1.165, 1.54) is 15.8 Å². The Morgan fingerprint density at radius 2 is 1.68 bits per heavy atom. The van der Waals surface area contributed by atoms with Gasteiger partial charge in [0.15, 0.2) is 5.82 Å². The standard InChI is InChI=1S/C25H25ClN4S/c1-2-20-16-21-24(27-23(28-25(21)31-20)18-8-4-3-5-9-18)30-14-12-29(13-15-30)17-19-10-6-7-11-22(19)26/h3-11,16H,2,12-15,17H2,1H3. The highest BCUT2D eigenvalue weighted by atomic mass is 35.5. The van der Waals surface area contributed by atoms with Crippen molar-refractivity contribution in [1.29, 1.82) is 0 Å². The minimum absolute atomic E-state index is 0.811. The van der Waals surface area contributed by atoms with Crippen LogP contribution in [-0.4, -0.2) is 41.0 Å². The quantitative estimate of drug-likeness (QED) is 0.380. The third-order valence-corrected chi connectivity index (χ3v) is 7.37. The Balaban J connectivity index is 1.42. The topological polar surface area (TPSA) is 32.3 Å².